The maximum absolute atomic E-state index is 14.3. The van der Waals surface area contributed by atoms with Crippen molar-refractivity contribution in [2.24, 2.45) is 16.6 Å². The number of nitrogens with one attached hydrogen (secondary N) is 3. The fourth-order valence-corrected chi connectivity index (χ4v) is 3.95. The summed E-state index contributed by atoms with van der Waals surface area (Å²) in [6, 6.07) is 4.63. The fourth-order valence-electron chi connectivity index (χ4n) is 3.72. The second kappa shape index (κ2) is 10.6. The number of nitrogens with zero attached hydrogens (tertiary/aromatic N) is 3. The van der Waals surface area contributed by atoms with Crippen molar-refractivity contribution in [3.63, 3.8) is 0 Å². The van der Waals surface area contributed by atoms with Crippen LogP contribution in [-0.2, 0) is 5.92 Å². The molecule has 1 aromatic heterocycles. The maximum atomic E-state index is 14.3. The second-order valence-corrected chi connectivity index (χ2v) is 8.29. The molecule has 1 fully saturated rings. The molecule has 0 amide bonds. The zero-order chi connectivity index (χ0) is 22.4. The first kappa shape index (κ1) is 23.8. The molecule has 11 heteroatoms. The van der Waals surface area contributed by atoms with E-state index < -0.39 is 18.7 Å². The number of pyridine rings is 1. The number of halogens is 3. The van der Waals surface area contributed by atoms with E-state index in [9.17, 15) is 13.9 Å². The molecule has 0 radical (unpaired) electrons. The first-order chi connectivity index (χ1) is 14.8. The Kier molecular flexibility index (Phi) is 8.17. The molecule has 31 heavy (non-hydrogen) atoms. The molecule has 0 bridgehead atoms. The fraction of sp³-hybridized carbons (Fsp3) is 0.600. The van der Waals surface area contributed by atoms with Crippen LogP contribution < -0.4 is 21.7 Å². The summed E-state index contributed by atoms with van der Waals surface area (Å²) < 4.78 is 28.7. The van der Waals surface area contributed by atoms with Gasteiger partial charge in [-0.15, -0.1) is 0 Å². The Morgan fingerprint density at radius 2 is 2.23 bits per heavy atom. The number of aliphatic imine (C=N–C) groups is 1. The number of aliphatic hydroxyl groups is 1. The molecule has 172 valence electrons. The van der Waals surface area contributed by atoms with Crippen molar-refractivity contribution < 1.29 is 13.9 Å². The molecular formula is C20H30ClF2N7O. The molecule has 1 saturated heterocycles. The molecule has 1 aromatic rings. The van der Waals surface area contributed by atoms with Crippen LogP contribution in [-0.4, -0.2) is 65.4 Å². The van der Waals surface area contributed by atoms with Gasteiger partial charge in [-0.3, -0.25) is 15.3 Å². The number of amidine groups is 1. The molecule has 0 aliphatic carbocycles. The van der Waals surface area contributed by atoms with E-state index in [0.29, 0.717) is 25.0 Å². The van der Waals surface area contributed by atoms with Gasteiger partial charge < -0.3 is 26.4 Å². The maximum Gasteiger partial charge on any atom is 0.308 e. The highest BCUT2D eigenvalue weighted by Gasteiger charge is 2.34. The van der Waals surface area contributed by atoms with Gasteiger partial charge in [0.05, 0.1) is 6.17 Å². The van der Waals surface area contributed by atoms with Gasteiger partial charge in [-0.25, -0.2) is 0 Å². The largest absolute Gasteiger partial charge is 0.367 e. The Morgan fingerprint density at radius 1 is 1.42 bits per heavy atom. The summed E-state index contributed by atoms with van der Waals surface area (Å²) in [5, 5.41) is 20.3. The van der Waals surface area contributed by atoms with Gasteiger partial charge in [0.2, 0.25) is 0 Å². The lowest BCUT2D eigenvalue weighted by Crippen LogP contribution is -2.53. The number of piperidine rings is 1. The Labute approximate surface area is 185 Å². The molecule has 0 saturated carbocycles. The first-order valence-electron chi connectivity index (χ1n) is 10.4. The van der Waals surface area contributed by atoms with Crippen molar-refractivity contribution in [2.75, 3.05) is 26.2 Å². The van der Waals surface area contributed by atoms with Gasteiger partial charge in [-0.05, 0) is 44.4 Å². The topological polar surface area (TPSA) is 111 Å². The van der Waals surface area contributed by atoms with Crippen molar-refractivity contribution in [3.8, 4) is 0 Å². The van der Waals surface area contributed by atoms with Crippen LogP contribution in [0.3, 0.4) is 0 Å². The lowest BCUT2D eigenvalue weighted by molar-refractivity contribution is 0.00121. The van der Waals surface area contributed by atoms with Crippen LogP contribution in [0.1, 0.15) is 25.5 Å². The zero-order valence-corrected chi connectivity index (χ0v) is 18.2. The highest BCUT2D eigenvalue weighted by atomic mass is 35.5. The zero-order valence-electron chi connectivity index (χ0n) is 17.4. The Balaban J connectivity index is 1.52. The molecule has 2 aliphatic rings. The van der Waals surface area contributed by atoms with E-state index in [2.05, 4.69) is 32.9 Å². The number of rotatable bonds is 8. The molecular weight excluding hydrogens is 428 g/mol. The second-order valence-electron chi connectivity index (χ2n) is 7.90. The first-order valence-corrected chi connectivity index (χ1v) is 10.8. The molecule has 0 aromatic carbocycles. The standard InChI is InChI=1S/C20H30ClF2N7O/c1-13-14(5-6-17(24)29-13)10-25-8-9-30-16(21)11-27-18(19(30)31)28-12-20(22,23)15-4-2-3-7-26-15/h2-4,7,11,13-14,17,19,25,29,31H,5-6,8-10,12,24H2,1H3,(H,27,28)/t13?,14?,17-,19?/m1/s1. The van der Waals surface area contributed by atoms with Crippen molar-refractivity contribution in [1.29, 1.82) is 0 Å². The number of aromatic nitrogens is 1. The lowest BCUT2D eigenvalue weighted by Gasteiger charge is -2.35. The van der Waals surface area contributed by atoms with Crippen molar-refractivity contribution in [2.45, 2.75) is 44.1 Å². The van der Waals surface area contributed by atoms with Crippen molar-refractivity contribution in [1.82, 2.24) is 25.8 Å². The van der Waals surface area contributed by atoms with Crippen molar-refractivity contribution >= 4 is 17.4 Å². The van der Waals surface area contributed by atoms with Gasteiger partial charge in [-0.2, -0.15) is 8.78 Å². The van der Waals surface area contributed by atoms with Crippen LogP contribution >= 0.6 is 11.6 Å². The quantitative estimate of drug-likeness (QED) is 0.293. The van der Waals surface area contributed by atoms with Gasteiger partial charge in [-0.1, -0.05) is 17.7 Å². The van der Waals surface area contributed by atoms with E-state index in [0.717, 1.165) is 19.4 Å². The highest BCUT2D eigenvalue weighted by molar-refractivity contribution is 6.29. The summed E-state index contributed by atoms with van der Waals surface area (Å²) in [7, 11) is 0. The number of hydrogen-bond acceptors (Lipinski definition) is 7. The molecule has 3 rings (SSSR count). The monoisotopic (exact) mass is 457 g/mol. The average Bonchev–Trinajstić information content (AvgIpc) is 2.74. The van der Waals surface area contributed by atoms with E-state index >= 15 is 0 Å². The van der Waals surface area contributed by atoms with Crippen LogP contribution in [0.2, 0.25) is 0 Å². The molecule has 0 spiro atoms. The molecule has 3 unspecified atom stereocenters. The summed E-state index contributed by atoms with van der Waals surface area (Å²) >= 11 is 6.20. The summed E-state index contributed by atoms with van der Waals surface area (Å²) in [4.78, 5) is 9.09. The average molecular weight is 458 g/mol. The van der Waals surface area contributed by atoms with Crippen LogP contribution in [0, 0.1) is 5.92 Å². The van der Waals surface area contributed by atoms with Crippen LogP contribution in [0.15, 0.2) is 40.7 Å². The minimum atomic E-state index is -3.25. The SMILES string of the molecule is CC1N[C@@H](N)CCC1CNCCN1C(Cl)=CNC(=NCC(F)(F)c2ccccn2)C1O. The minimum absolute atomic E-state index is 0.0131. The van der Waals surface area contributed by atoms with Crippen LogP contribution in [0.25, 0.3) is 0 Å². The minimum Gasteiger partial charge on any atom is -0.367 e. The molecule has 2 aliphatic heterocycles. The van der Waals surface area contributed by atoms with E-state index in [4.69, 9.17) is 17.3 Å². The molecule has 3 heterocycles. The smallest absolute Gasteiger partial charge is 0.308 e. The van der Waals surface area contributed by atoms with E-state index in [-0.39, 0.29) is 22.9 Å². The van der Waals surface area contributed by atoms with E-state index in [1.54, 1.807) is 6.07 Å². The van der Waals surface area contributed by atoms with Gasteiger partial charge >= 0.3 is 5.92 Å². The van der Waals surface area contributed by atoms with Gasteiger partial charge in [0, 0.05) is 31.5 Å². The number of nitrogens with two attached hydrogens (primary N) is 1. The predicted molar refractivity (Wildman–Crippen MR) is 116 cm³/mol. The summed E-state index contributed by atoms with van der Waals surface area (Å²) in [5.41, 5.74) is 5.54. The van der Waals surface area contributed by atoms with E-state index in [1.165, 1.54) is 29.4 Å². The van der Waals surface area contributed by atoms with E-state index in [1.807, 2.05) is 0 Å². The van der Waals surface area contributed by atoms with Gasteiger partial charge in [0.15, 0.2) is 12.1 Å². The third-order valence-corrected chi connectivity index (χ3v) is 5.94. The molecule has 4 atom stereocenters. The highest BCUT2D eigenvalue weighted by Crippen LogP contribution is 2.26. The third kappa shape index (κ3) is 6.33. The van der Waals surface area contributed by atoms with Gasteiger partial charge in [0.25, 0.3) is 0 Å². The molecule has 6 N–H and O–H groups in total. The normalized spacial score (nSPS) is 28.4. The summed E-state index contributed by atoms with van der Waals surface area (Å²) in [6.07, 6.45) is 3.52. The Morgan fingerprint density at radius 3 is 2.94 bits per heavy atom. The summed E-state index contributed by atoms with van der Waals surface area (Å²) in [5.74, 6) is -2.77. The number of hydrogen-bond donors (Lipinski definition) is 5. The molecule has 8 nitrogen and oxygen atoms in total. The third-order valence-electron chi connectivity index (χ3n) is 5.61. The Bertz CT molecular complexity index is 780. The number of aliphatic hydroxyl groups excluding tert-OH is 1. The Hall–Kier alpha value is -1.85. The summed E-state index contributed by atoms with van der Waals surface area (Å²) in [6.45, 7) is 3.04. The number of alkyl halides is 2. The van der Waals surface area contributed by atoms with Crippen LogP contribution in [0.4, 0.5) is 8.78 Å². The van der Waals surface area contributed by atoms with Gasteiger partial charge in [0.1, 0.15) is 17.4 Å². The predicted octanol–water partition coefficient (Wildman–Crippen LogP) is 1.10. The van der Waals surface area contributed by atoms with Crippen molar-refractivity contribution in [3.05, 3.63) is 41.4 Å². The van der Waals surface area contributed by atoms with Crippen LogP contribution in [0.5, 0.6) is 0 Å². The lowest BCUT2D eigenvalue weighted by atomic mass is 9.90.